The standard InChI is InChI=1S/C15H21FO3/c1-11(2)14-17-9-15(3,10-18-14)19-8-12-6-4-5-7-13(12)16/h4-7,11,14H,8-10H2,1-3H3/t14-,15+. The summed E-state index contributed by atoms with van der Waals surface area (Å²) in [6.07, 6.45) is -0.176. The van der Waals surface area contributed by atoms with E-state index < -0.39 is 5.60 Å². The van der Waals surface area contributed by atoms with Gasteiger partial charge in [-0.15, -0.1) is 0 Å². The maximum Gasteiger partial charge on any atom is 0.160 e. The maximum absolute atomic E-state index is 13.5. The number of halogens is 1. The van der Waals surface area contributed by atoms with Gasteiger partial charge in [0.2, 0.25) is 0 Å². The fourth-order valence-corrected chi connectivity index (χ4v) is 1.94. The van der Waals surface area contributed by atoms with Gasteiger partial charge in [0.1, 0.15) is 11.4 Å². The predicted octanol–water partition coefficient (Wildman–Crippen LogP) is 3.13. The summed E-state index contributed by atoms with van der Waals surface area (Å²) in [6, 6.07) is 6.62. The molecule has 1 aromatic rings. The van der Waals surface area contributed by atoms with Crippen LogP contribution < -0.4 is 0 Å². The summed E-state index contributed by atoms with van der Waals surface area (Å²) in [5, 5.41) is 0. The first kappa shape index (κ1) is 14.4. The number of benzene rings is 1. The van der Waals surface area contributed by atoms with E-state index in [0.717, 1.165) is 0 Å². The van der Waals surface area contributed by atoms with Gasteiger partial charge in [-0.3, -0.25) is 0 Å². The van der Waals surface area contributed by atoms with E-state index in [9.17, 15) is 4.39 Å². The van der Waals surface area contributed by atoms with E-state index in [1.54, 1.807) is 18.2 Å². The molecule has 2 rings (SSSR count). The highest BCUT2D eigenvalue weighted by Crippen LogP contribution is 2.24. The first-order valence-electron chi connectivity index (χ1n) is 6.61. The molecule has 3 nitrogen and oxygen atoms in total. The molecule has 106 valence electrons. The van der Waals surface area contributed by atoms with Gasteiger partial charge in [0.25, 0.3) is 0 Å². The van der Waals surface area contributed by atoms with Crippen molar-refractivity contribution in [3.8, 4) is 0 Å². The number of hydrogen-bond donors (Lipinski definition) is 0. The summed E-state index contributed by atoms with van der Waals surface area (Å²) in [6.45, 7) is 7.17. The minimum Gasteiger partial charge on any atom is -0.366 e. The molecule has 1 aliphatic rings. The van der Waals surface area contributed by atoms with Crippen LogP contribution in [0.1, 0.15) is 26.3 Å². The van der Waals surface area contributed by atoms with Gasteiger partial charge in [0.15, 0.2) is 6.29 Å². The highest BCUT2D eigenvalue weighted by atomic mass is 19.1. The van der Waals surface area contributed by atoms with Crippen molar-refractivity contribution in [2.45, 2.75) is 39.3 Å². The van der Waals surface area contributed by atoms with Crippen LogP contribution in [0.2, 0.25) is 0 Å². The molecule has 0 amide bonds. The molecule has 0 aliphatic carbocycles. The van der Waals surface area contributed by atoms with Gasteiger partial charge in [-0.1, -0.05) is 32.0 Å². The summed E-state index contributed by atoms with van der Waals surface area (Å²) < 4.78 is 30.5. The average Bonchev–Trinajstić information content (AvgIpc) is 2.38. The Bertz CT molecular complexity index is 412. The molecule has 1 saturated heterocycles. The van der Waals surface area contributed by atoms with Gasteiger partial charge in [0.05, 0.1) is 19.8 Å². The molecule has 4 heteroatoms. The second kappa shape index (κ2) is 5.99. The smallest absolute Gasteiger partial charge is 0.160 e. The highest BCUT2D eigenvalue weighted by Gasteiger charge is 2.34. The first-order valence-corrected chi connectivity index (χ1v) is 6.61. The van der Waals surface area contributed by atoms with Crippen LogP contribution in [-0.4, -0.2) is 25.1 Å². The second-order valence-corrected chi connectivity index (χ2v) is 5.56. The average molecular weight is 268 g/mol. The zero-order valence-corrected chi connectivity index (χ0v) is 11.7. The molecule has 1 heterocycles. The van der Waals surface area contributed by atoms with Crippen LogP contribution in [-0.2, 0) is 20.8 Å². The molecule has 0 aromatic heterocycles. The topological polar surface area (TPSA) is 27.7 Å². The van der Waals surface area contributed by atoms with Crippen LogP contribution >= 0.6 is 0 Å². The third-order valence-corrected chi connectivity index (χ3v) is 3.18. The lowest BCUT2D eigenvalue weighted by molar-refractivity contribution is -0.275. The minimum atomic E-state index is -0.520. The third kappa shape index (κ3) is 3.75. The van der Waals surface area contributed by atoms with Crippen LogP contribution in [0, 0.1) is 11.7 Å². The fourth-order valence-electron chi connectivity index (χ4n) is 1.94. The quantitative estimate of drug-likeness (QED) is 0.839. The Labute approximate surface area is 113 Å². The monoisotopic (exact) mass is 268 g/mol. The van der Waals surface area contributed by atoms with E-state index in [4.69, 9.17) is 14.2 Å². The summed E-state index contributed by atoms with van der Waals surface area (Å²) in [5.74, 6) is 0.0694. The fraction of sp³-hybridized carbons (Fsp3) is 0.600. The molecule has 1 aliphatic heterocycles. The van der Waals surface area contributed by atoms with Gasteiger partial charge in [-0.2, -0.15) is 0 Å². The van der Waals surface area contributed by atoms with Crippen LogP contribution in [0.15, 0.2) is 24.3 Å². The molecular weight excluding hydrogens is 247 g/mol. The van der Waals surface area contributed by atoms with Crippen LogP contribution in [0.3, 0.4) is 0 Å². The molecule has 1 aromatic carbocycles. The van der Waals surface area contributed by atoms with E-state index in [1.807, 2.05) is 20.8 Å². The van der Waals surface area contributed by atoms with Crippen molar-refractivity contribution in [3.63, 3.8) is 0 Å². The van der Waals surface area contributed by atoms with Crippen LogP contribution in [0.5, 0.6) is 0 Å². The Kier molecular flexibility index (Phi) is 4.55. The highest BCUT2D eigenvalue weighted by molar-refractivity contribution is 5.16. The summed E-state index contributed by atoms with van der Waals surface area (Å²) in [5.41, 5.74) is 0.0305. The number of rotatable bonds is 4. The molecule has 0 atom stereocenters. The van der Waals surface area contributed by atoms with Gasteiger partial charge < -0.3 is 14.2 Å². The Morgan fingerprint density at radius 1 is 1.32 bits per heavy atom. The summed E-state index contributed by atoms with van der Waals surface area (Å²) in [7, 11) is 0. The van der Waals surface area contributed by atoms with Gasteiger partial charge >= 0.3 is 0 Å². The van der Waals surface area contributed by atoms with Gasteiger partial charge in [-0.05, 0) is 13.0 Å². The summed E-state index contributed by atoms with van der Waals surface area (Å²) in [4.78, 5) is 0. The van der Waals surface area contributed by atoms with Crippen molar-refractivity contribution in [3.05, 3.63) is 35.6 Å². The number of ether oxygens (including phenoxy) is 3. The second-order valence-electron chi connectivity index (χ2n) is 5.56. The summed E-state index contributed by atoms with van der Waals surface area (Å²) >= 11 is 0. The van der Waals surface area contributed by atoms with Crippen molar-refractivity contribution < 1.29 is 18.6 Å². The lowest BCUT2D eigenvalue weighted by atomic mass is 10.1. The maximum atomic E-state index is 13.5. The third-order valence-electron chi connectivity index (χ3n) is 3.18. The first-order chi connectivity index (χ1) is 9.00. The van der Waals surface area contributed by atoms with Crippen molar-refractivity contribution in [1.29, 1.82) is 0 Å². The van der Waals surface area contributed by atoms with Crippen molar-refractivity contribution in [1.82, 2.24) is 0 Å². The SMILES string of the molecule is CC(C)[C@H]1OC[C@@](C)(OCc2ccccc2F)CO1. The van der Waals surface area contributed by atoms with E-state index in [1.165, 1.54) is 6.07 Å². The lowest BCUT2D eigenvalue weighted by Gasteiger charge is -2.38. The molecule has 0 spiro atoms. The lowest BCUT2D eigenvalue weighted by Crippen LogP contribution is -2.48. The van der Waals surface area contributed by atoms with Crippen LogP contribution in [0.25, 0.3) is 0 Å². The molecular formula is C15H21FO3. The van der Waals surface area contributed by atoms with E-state index >= 15 is 0 Å². The normalized spacial score (nSPS) is 27.7. The Morgan fingerprint density at radius 3 is 2.53 bits per heavy atom. The molecule has 0 radical (unpaired) electrons. The molecule has 1 fully saturated rings. The van der Waals surface area contributed by atoms with Crippen molar-refractivity contribution in [2.75, 3.05) is 13.2 Å². The predicted molar refractivity (Wildman–Crippen MR) is 70.1 cm³/mol. The largest absolute Gasteiger partial charge is 0.366 e. The van der Waals surface area contributed by atoms with E-state index in [0.29, 0.717) is 24.7 Å². The minimum absolute atomic E-state index is 0.176. The van der Waals surface area contributed by atoms with E-state index in [-0.39, 0.29) is 18.7 Å². The van der Waals surface area contributed by atoms with Crippen molar-refractivity contribution >= 4 is 0 Å². The molecule has 0 saturated carbocycles. The Hall–Kier alpha value is -0.970. The molecule has 19 heavy (non-hydrogen) atoms. The Balaban J connectivity index is 1.88. The molecule has 0 bridgehead atoms. The molecule has 0 unspecified atom stereocenters. The zero-order valence-electron chi connectivity index (χ0n) is 11.7. The van der Waals surface area contributed by atoms with Gasteiger partial charge in [0, 0.05) is 11.5 Å². The van der Waals surface area contributed by atoms with E-state index in [2.05, 4.69) is 0 Å². The number of hydrogen-bond acceptors (Lipinski definition) is 3. The van der Waals surface area contributed by atoms with Crippen molar-refractivity contribution in [2.24, 2.45) is 5.92 Å². The Morgan fingerprint density at radius 2 is 1.95 bits per heavy atom. The molecule has 0 N–H and O–H groups in total. The zero-order chi connectivity index (χ0) is 13.9. The van der Waals surface area contributed by atoms with Crippen LogP contribution in [0.4, 0.5) is 4.39 Å². The van der Waals surface area contributed by atoms with Gasteiger partial charge in [-0.25, -0.2) is 4.39 Å².